The zero-order chi connectivity index (χ0) is 10.5. The number of rotatable bonds is 5. The van der Waals surface area contributed by atoms with E-state index in [0.717, 1.165) is 5.75 Å². The maximum Gasteiger partial charge on any atom is 0.155 e. The van der Waals surface area contributed by atoms with Crippen LogP contribution in [-0.4, -0.2) is 36.3 Å². The molecule has 0 N–H and O–H groups in total. The Hall–Kier alpha value is 0.590. The van der Waals surface area contributed by atoms with Crippen molar-refractivity contribution < 1.29 is 8.42 Å². The van der Waals surface area contributed by atoms with Crippen molar-refractivity contribution >= 4 is 33.2 Å². The highest BCUT2D eigenvalue weighted by Crippen LogP contribution is 2.17. The Morgan fingerprint density at radius 2 is 1.77 bits per heavy atom. The summed E-state index contributed by atoms with van der Waals surface area (Å²) in [4.78, 5) is 0. The predicted octanol–water partition coefficient (Wildman–Crippen LogP) is 2.17. The van der Waals surface area contributed by atoms with Crippen molar-refractivity contribution in [2.45, 2.75) is 25.5 Å². The van der Waals surface area contributed by atoms with E-state index in [-0.39, 0.29) is 5.75 Å². The molecule has 13 heavy (non-hydrogen) atoms. The molecule has 5 heteroatoms. The molecule has 0 aliphatic rings. The van der Waals surface area contributed by atoms with Crippen LogP contribution in [0.4, 0.5) is 0 Å². The van der Waals surface area contributed by atoms with E-state index in [9.17, 15) is 8.42 Å². The fourth-order valence-corrected chi connectivity index (χ4v) is 3.23. The fraction of sp³-hybridized carbons (Fsp3) is 1.00. The van der Waals surface area contributed by atoms with Crippen LogP contribution in [0.5, 0.6) is 0 Å². The lowest BCUT2D eigenvalue weighted by Crippen LogP contribution is -2.31. The zero-order valence-electron chi connectivity index (χ0n) is 8.34. The van der Waals surface area contributed by atoms with Gasteiger partial charge in [-0.2, -0.15) is 11.8 Å². The number of hydrogen-bond acceptors (Lipinski definition) is 3. The van der Waals surface area contributed by atoms with Gasteiger partial charge in [0.25, 0.3) is 0 Å². The lowest BCUT2D eigenvalue weighted by atomic mass is 10.3. The standard InChI is InChI=1S/C8H17ClO2S2/c1-8(2,3)13(10,11)7-6-12-5-4-9/h4-7H2,1-3H3. The van der Waals surface area contributed by atoms with Gasteiger partial charge in [0.05, 0.1) is 10.5 Å². The number of alkyl halides is 1. The van der Waals surface area contributed by atoms with Crippen LogP contribution >= 0.6 is 23.4 Å². The molecular weight excluding hydrogens is 228 g/mol. The first-order valence-corrected chi connectivity index (χ1v) is 7.51. The minimum absolute atomic E-state index is 0.248. The van der Waals surface area contributed by atoms with E-state index in [4.69, 9.17) is 11.6 Å². The van der Waals surface area contributed by atoms with Crippen molar-refractivity contribution in [3.63, 3.8) is 0 Å². The third kappa shape index (κ3) is 5.13. The quantitative estimate of drug-likeness (QED) is 0.549. The molecule has 0 aromatic carbocycles. The molecule has 0 atom stereocenters. The topological polar surface area (TPSA) is 34.1 Å². The number of thioether (sulfide) groups is 1. The minimum atomic E-state index is -2.94. The van der Waals surface area contributed by atoms with Crippen molar-refractivity contribution in [2.24, 2.45) is 0 Å². The van der Waals surface area contributed by atoms with E-state index in [1.165, 1.54) is 0 Å². The van der Waals surface area contributed by atoms with Gasteiger partial charge in [-0.25, -0.2) is 8.42 Å². The largest absolute Gasteiger partial charge is 0.228 e. The maximum absolute atomic E-state index is 11.6. The van der Waals surface area contributed by atoms with Gasteiger partial charge >= 0.3 is 0 Å². The molecule has 0 spiro atoms. The van der Waals surface area contributed by atoms with Crippen LogP contribution in [0.1, 0.15) is 20.8 Å². The van der Waals surface area contributed by atoms with Crippen LogP contribution < -0.4 is 0 Å². The van der Waals surface area contributed by atoms with E-state index in [2.05, 4.69) is 0 Å². The van der Waals surface area contributed by atoms with Gasteiger partial charge in [-0.1, -0.05) is 0 Å². The van der Waals surface area contributed by atoms with Crippen molar-refractivity contribution in [2.75, 3.05) is 23.1 Å². The Morgan fingerprint density at radius 1 is 1.23 bits per heavy atom. The van der Waals surface area contributed by atoms with Gasteiger partial charge in [-0.05, 0) is 20.8 Å². The van der Waals surface area contributed by atoms with Gasteiger partial charge in [0.15, 0.2) is 9.84 Å². The fourth-order valence-electron chi connectivity index (χ4n) is 0.631. The Bertz CT molecular complexity index is 229. The van der Waals surface area contributed by atoms with E-state index >= 15 is 0 Å². The van der Waals surface area contributed by atoms with Gasteiger partial charge in [-0.3, -0.25) is 0 Å². The molecule has 0 saturated carbocycles. The highest BCUT2D eigenvalue weighted by molar-refractivity contribution is 8.00. The van der Waals surface area contributed by atoms with Crippen molar-refractivity contribution in [1.82, 2.24) is 0 Å². The van der Waals surface area contributed by atoms with Gasteiger partial charge in [0.1, 0.15) is 0 Å². The number of hydrogen-bond donors (Lipinski definition) is 0. The van der Waals surface area contributed by atoms with Crippen molar-refractivity contribution in [3.8, 4) is 0 Å². The number of sulfone groups is 1. The van der Waals surface area contributed by atoms with Crippen molar-refractivity contribution in [1.29, 1.82) is 0 Å². The second kappa shape index (κ2) is 5.47. The molecule has 0 heterocycles. The second-order valence-electron chi connectivity index (χ2n) is 3.73. The first-order chi connectivity index (χ1) is 5.81. The summed E-state index contributed by atoms with van der Waals surface area (Å²) in [5, 5.41) is 0. The Kier molecular flexibility index (Phi) is 5.71. The molecule has 0 unspecified atom stereocenters. The molecule has 0 amide bonds. The third-order valence-electron chi connectivity index (χ3n) is 1.65. The van der Waals surface area contributed by atoms with Gasteiger partial charge in [0.2, 0.25) is 0 Å². The molecule has 0 aliphatic heterocycles. The van der Waals surface area contributed by atoms with Crippen LogP contribution in [0.3, 0.4) is 0 Å². The van der Waals surface area contributed by atoms with E-state index in [1.54, 1.807) is 32.5 Å². The van der Waals surface area contributed by atoms with Crippen LogP contribution in [0, 0.1) is 0 Å². The Morgan fingerprint density at radius 3 is 2.15 bits per heavy atom. The van der Waals surface area contributed by atoms with Gasteiger partial charge < -0.3 is 0 Å². The lowest BCUT2D eigenvalue weighted by Gasteiger charge is -2.18. The van der Waals surface area contributed by atoms with Gasteiger partial charge in [-0.15, -0.1) is 11.6 Å². The van der Waals surface area contributed by atoms with Crippen LogP contribution in [0.15, 0.2) is 0 Å². The minimum Gasteiger partial charge on any atom is -0.228 e. The monoisotopic (exact) mass is 244 g/mol. The van der Waals surface area contributed by atoms with Crippen LogP contribution in [-0.2, 0) is 9.84 Å². The Labute approximate surface area is 90.3 Å². The molecule has 0 radical (unpaired) electrons. The van der Waals surface area contributed by atoms with Crippen LogP contribution in [0.2, 0.25) is 0 Å². The average Bonchev–Trinajstić information content (AvgIpc) is 1.96. The zero-order valence-corrected chi connectivity index (χ0v) is 10.7. The highest BCUT2D eigenvalue weighted by atomic mass is 35.5. The summed E-state index contributed by atoms with van der Waals surface area (Å²) in [5.74, 6) is 2.30. The van der Waals surface area contributed by atoms with E-state index < -0.39 is 14.6 Å². The first-order valence-electron chi connectivity index (χ1n) is 4.17. The van der Waals surface area contributed by atoms with Crippen LogP contribution in [0.25, 0.3) is 0 Å². The van der Waals surface area contributed by atoms with Gasteiger partial charge in [0, 0.05) is 17.4 Å². The molecular formula is C8H17ClO2S2. The molecule has 0 aromatic rings. The first kappa shape index (κ1) is 13.6. The van der Waals surface area contributed by atoms with E-state index in [1.807, 2.05) is 0 Å². The second-order valence-corrected chi connectivity index (χ2v) is 8.20. The maximum atomic E-state index is 11.6. The normalized spacial score (nSPS) is 13.2. The molecule has 0 bridgehead atoms. The highest BCUT2D eigenvalue weighted by Gasteiger charge is 2.27. The summed E-state index contributed by atoms with van der Waals surface area (Å²) in [6, 6.07) is 0. The SMILES string of the molecule is CC(C)(C)S(=O)(=O)CCSCCCl. The molecule has 0 rings (SSSR count). The molecule has 0 saturated heterocycles. The summed E-state index contributed by atoms with van der Waals surface area (Å²) < 4.78 is 22.5. The Balaban J connectivity index is 3.92. The summed E-state index contributed by atoms with van der Waals surface area (Å²) in [6.07, 6.45) is 0. The summed E-state index contributed by atoms with van der Waals surface area (Å²) in [5.41, 5.74) is 0. The number of halogens is 1. The molecule has 80 valence electrons. The molecule has 2 nitrogen and oxygen atoms in total. The lowest BCUT2D eigenvalue weighted by molar-refractivity contribution is 0.562. The van der Waals surface area contributed by atoms with E-state index in [0.29, 0.717) is 11.6 Å². The average molecular weight is 245 g/mol. The third-order valence-corrected chi connectivity index (χ3v) is 5.92. The summed E-state index contributed by atoms with van der Waals surface area (Å²) in [6.45, 7) is 5.19. The summed E-state index contributed by atoms with van der Waals surface area (Å²) >= 11 is 7.06. The molecule has 0 aliphatic carbocycles. The smallest absolute Gasteiger partial charge is 0.155 e. The predicted molar refractivity (Wildman–Crippen MR) is 61.6 cm³/mol. The van der Waals surface area contributed by atoms with Crippen molar-refractivity contribution in [3.05, 3.63) is 0 Å². The molecule has 0 aromatic heterocycles. The summed E-state index contributed by atoms with van der Waals surface area (Å²) in [7, 11) is -2.94. The molecule has 0 fully saturated rings.